The molecule has 1 aliphatic rings. The first-order valence-electron chi connectivity index (χ1n) is 7.60. The van der Waals surface area contributed by atoms with Crippen molar-refractivity contribution in [3.63, 3.8) is 0 Å². The van der Waals surface area contributed by atoms with Crippen molar-refractivity contribution in [1.29, 1.82) is 0 Å². The smallest absolute Gasteiger partial charge is 0.222 e. The van der Waals surface area contributed by atoms with E-state index < -0.39 is 0 Å². The highest BCUT2D eigenvalue weighted by molar-refractivity contribution is 5.76. The van der Waals surface area contributed by atoms with Crippen LogP contribution in [-0.2, 0) is 4.79 Å². The summed E-state index contributed by atoms with van der Waals surface area (Å²) in [5, 5.41) is 0. The fourth-order valence-electron chi connectivity index (χ4n) is 2.60. The number of hydrogen-bond acceptors (Lipinski definition) is 3. The van der Waals surface area contributed by atoms with Crippen molar-refractivity contribution in [3.8, 4) is 0 Å². The number of hydrogen-bond donors (Lipinski definition) is 1. The number of nitrogens with two attached hydrogens (primary N) is 1. The van der Waals surface area contributed by atoms with E-state index in [1.807, 2.05) is 11.8 Å². The Balaban J connectivity index is 1.77. The number of amides is 1. The third-order valence-electron chi connectivity index (χ3n) is 3.87. The van der Waals surface area contributed by atoms with Crippen molar-refractivity contribution in [2.45, 2.75) is 32.2 Å². The summed E-state index contributed by atoms with van der Waals surface area (Å²) >= 11 is 0. The van der Waals surface area contributed by atoms with Crippen LogP contribution in [-0.4, -0.2) is 43.0 Å². The standard InChI is InChI=1S/C16H24FN3O/c1-13(18)3-2-4-16(21)20-11-9-19(10-12-20)15-7-5-14(17)6-8-15/h5-8,13H,2-4,9-12,18H2,1H3. The quantitative estimate of drug-likeness (QED) is 0.903. The molecule has 2 rings (SSSR count). The second-order valence-electron chi connectivity index (χ2n) is 5.71. The van der Waals surface area contributed by atoms with Crippen LogP contribution in [0.4, 0.5) is 10.1 Å². The Morgan fingerprint density at radius 1 is 1.24 bits per heavy atom. The lowest BCUT2D eigenvalue weighted by Gasteiger charge is -2.36. The molecule has 1 unspecified atom stereocenters. The Morgan fingerprint density at radius 2 is 1.86 bits per heavy atom. The van der Waals surface area contributed by atoms with Crippen LogP contribution in [0.2, 0.25) is 0 Å². The van der Waals surface area contributed by atoms with Crippen molar-refractivity contribution in [3.05, 3.63) is 30.1 Å². The predicted octanol–water partition coefficient (Wildman–Crippen LogP) is 1.99. The molecule has 1 aromatic carbocycles. The molecule has 0 aliphatic carbocycles. The van der Waals surface area contributed by atoms with Gasteiger partial charge in [0, 0.05) is 44.3 Å². The minimum atomic E-state index is -0.221. The van der Waals surface area contributed by atoms with E-state index in [1.165, 1.54) is 12.1 Å². The molecule has 21 heavy (non-hydrogen) atoms. The monoisotopic (exact) mass is 293 g/mol. The van der Waals surface area contributed by atoms with Gasteiger partial charge >= 0.3 is 0 Å². The molecule has 116 valence electrons. The highest BCUT2D eigenvalue weighted by Gasteiger charge is 2.20. The normalized spacial score (nSPS) is 16.9. The van der Waals surface area contributed by atoms with E-state index in [4.69, 9.17) is 5.73 Å². The summed E-state index contributed by atoms with van der Waals surface area (Å²) in [5.74, 6) is -0.00361. The Bertz CT molecular complexity index is 453. The van der Waals surface area contributed by atoms with Crippen LogP contribution in [0.25, 0.3) is 0 Å². The van der Waals surface area contributed by atoms with E-state index >= 15 is 0 Å². The summed E-state index contributed by atoms with van der Waals surface area (Å²) in [4.78, 5) is 16.2. The van der Waals surface area contributed by atoms with Gasteiger partial charge in [-0.2, -0.15) is 0 Å². The van der Waals surface area contributed by atoms with Crippen LogP contribution in [0.3, 0.4) is 0 Å². The van der Waals surface area contributed by atoms with Crippen molar-refractivity contribution < 1.29 is 9.18 Å². The summed E-state index contributed by atoms with van der Waals surface area (Å²) in [5.41, 5.74) is 6.71. The number of piperazine rings is 1. The molecule has 1 heterocycles. The maximum Gasteiger partial charge on any atom is 0.222 e. The number of rotatable bonds is 5. The highest BCUT2D eigenvalue weighted by Crippen LogP contribution is 2.17. The molecule has 0 saturated carbocycles. The highest BCUT2D eigenvalue weighted by atomic mass is 19.1. The van der Waals surface area contributed by atoms with Gasteiger partial charge < -0.3 is 15.5 Å². The molecule has 1 amide bonds. The third kappa shape index (κ3) is 4.70. The molecule has 1 fully saturated rings. The van der Waals surface area contributed by atoms with Gasteiger partial charge in [0.2, 0.25) is 5.91 Å². The van der Waals surface area contributed by atoms with Gasteiger partial charge in [0.25, 0.3) is 0 Å². The molecule has 0 bridgehead atoms. The zero-order chi connectivity index (χ0) is 15.2. The molecule has 1 saturated heterocycles. The molecule has 1 aromatic rings. The van der Waals surface area contributed by atoms with Crippen LogP contribution in [0.1, 0.15) is 26.2 Å². The van der Waals surface area contributed by atoms with Gasteiger partial charge in [-0.05, 0) is 44.0 Å². The number of halogens is 1. The predicted molar refractivity (Wildman–Crippen MR) is 82.7 cm³/mol. The van der Waals surface area contributed by atoms with Gasteiger partial charge in [-0.25, -0.2) is 4.39 Å². The van der Waals surface area contributed by atoms with Crippen molar-refractivity contribution in [2.75, 3.05) is 31.1 Å². The first-order valence-corrected chi connectivity index (χ1v) is 7.60. The number of anilines is 1. The molecule has 1 atom stereocenters. The second kappa shape index (κ2) is 7.41. The van der Waals surface area contributed by atoms with Gasteiger partial charge in [-0.1, -0.05) is 0 Å². The topological polar surface area (TPSA) is 49.6 Å². The van der Waals surface area contributed by atoms with Gasteiger partial charge in [-0.15, -0.1) is 0 Å². The van der Waals surface area contributed by atoms with E-state index in [9.17, 15) is 9.18 Å². The van der Waals surface area contributed by atoms with Gasteiger partial charge in [0.1, 0.15) is 5.82 Å². The molecule has 2 N–H and O–H groups in total. The fourth-order valence-corrected chi connectivity index (χ4v) is 2.60. The zero-order valence-electron chi connectivity index (χ0n) is 12.6. The van der Waals surface area contributed by atoms with E-state index in [0.29, 0.717) is 6.42 Å². The number of carbonyl (C=O) groups is 1. The fraction of sp³-hybridized carbons (Fsp3) is 0.562. The van der Waals surface area contributed by atoms with Crippen LogP contribution in [0.15, 0.2) is 24.3 Å². The lowest BCUT2D eigenvalue weighted by molar-refractivity contribution is -0.131. The third-order valence-corrected chi connectivity index (χ3v) is 3.87. The minimum absolute atomic E-state index is 0.160. The van der Waals surface area contributed by atoms with Crippen LogP contribution >= 0.6 is 0 Å². The first kappa shape index (κ1) is 15.8. The Morgan fingerprint density at radius 3 is 2.43 bits per heavy atom. The second-order valence-corrected chi connectivity index (χ2v) is 5.71. The molecule has 4 nitrogen and oxygen atoms in total. The molecular weight excluding hydrogens is 269 g/mol. The maximum atomic E-state index is 12.9. The van der Waals surface area contributed by atoms with Gasteiger partial charge in [-0.3, -0.25) is 4.79 Å². The van der Waals surface area contributed by atoms with Crippen molar-refractivity contribution in [1.82, 2.24) is 4.90 Å². The van der Waals surface area contributed by atoms with Crippen LogP contribution in [0, 0.1) is 5.82 Å². The lowest BCUT2D eigenvalue weighted by Crippen LogP contribution is -2.48. The summed E-state index contributed by atoms with van der Waals surface area (Å²) in [6.45, 7) is 5.02. The summed E-state index contributed by atoms with van der Waals surface area (Å²) in [7, 11) is 0. The van der Waals surface area contributed by atoms with Gasteiger partial charge in [0.15, 0.2) is 0 Å². The number of benzene rings is 1. The zero-order valence-corrected chi connectivity index (χ0v) is 12.6. The Labute approximate surface area is 125 Å². The molecular formula is C16H24FN3O. The number of carbonyl (C=O) groups excluding carboxylic acids is 1. The Kier molecular flexibility index (Phi) is 5.56. The summed E-state index contributed by atoms with van der Waals surface area (Å²) < 4.78 is 12.9. The van der Waals surface area contributed by atoms with Crippen LogP contribution in [0.5, 0.6) is 0 Å². The lowest BCUT2D eigenvalue weighted by atomic mass is 10.1. The van der Waals surface area contributed by atoms with Crippen molar-refractivity contribution in [2.24, 2.45) is 5.73 Å². The number of nitrogens with zero attached hydrogens (tertiary/aromatic N) is 2. The molecule has 5 heteroatoms. The van der Waals surface area contributed by atoms with Gasteiger partial charge in [0.05, 0.1) is 0 Å². The molecule has 0 spiro atoms. The molecule has 1 aliphatic heterocycles. The minimum Gasteiger partial charge on any atom is -0.368 e. The van der Waals surface area contributed by atoms with E-state index in [-0.39, 0.29) is 17.8 Å². The first-order chi connectivity index (χ1) is 10.1. The SMILES string of the molecule is CC(N)CCCC(=O)N1CCN(c2ccc(F)cc2)CC1. The average Bonchev–Trinajstić information content (AvgIpc) is 2.48. The van der Waals surface area contributed by atoms with E-state index in [1.54, 1.807) is 12.1 Å². The maximum absolute atomic E-state index is 12.9. The summed E-state index contributed by atoms with van der Waals surface area (Å²) in [6, 6.07) is 6.68. The van der Waals surface area contributed by atoms with Crippen LogP contribution < -0.4 is 10.6 Å². The molecule has 0 aromatic heterocycles. The molecule has 0 radical (unpaired) electrons. The van der Waals surface area contributed by atoms with E-state index in [0.717, 1.165) is 44.7 Å². The summed E-state index contributed by atoms with van der Waals surface area (Å²) in [6.07, 6.45) is 2.33. The largest absolute Gasteiger partial charge is 0.368 e. The average molecular weight is 293 g/mol. The van der Waals surface area contributed by atoms with E-state index in [2.05, 4.69) is 4.90 Å². The van der Waals surface area contributed by atoms with Crippen molar-refractivity contribution >= 4 is 11.6 Å². The Hall–Kier alpha value is -1.62.